The van der Waals surface area contributed by atoms with Crippen molar-refractivity contribution in [2.45, 2.75) is 84.5 Å². The summed E-state index contributed by atoms with van der Waals surface area (Å²) < 4.78 is 1.13. The van der Waals surface area contributed by atoms with Crippen LogP contribution >= 0.6 is 0 Å². The topological polar surface area (TPSA) is 29.1 Å². The van der Waals surface area contributed by atoms with E-state index in [9.17, 15) is 4.79 Å². The number of nitrogens with one attached hydrogen (secondary N) is 1. The second-order valence-electron chi connectivity index (χ2n) is 7.41. The van der Waals surface area contributed by atoms with Gasteiger partial charge in [-0.25, -0.2) is 0 Å². The Morgan fingerprint density at radius 1 is 0.875 bits per heavy atom. The van der Waals surface area contributed by atoms with Crippen LogP contribution in [0.25, 0.3) is 0 Å². The molecular weight excluding hydrogens is 296 g/mol. The Labute approximate surface area is 151 Å². The van der Waals surface area contributed by atoms with Gasteiger partial charge in [0, 0.05) is 13.0 Å². The number of nitrogens with zero attached hydrogens (tertiary/aromatic N) is 1. The first kappa shape index (κ1) is 23.2. The smallest absolute Gasteiger partial charge is 0.243 e. The maximum absolute atomic E-state index is 11.1. The third-order valence-corrected chi connectivity index (χ3v) is 5.17. The molecule has 0 aliphatic rings. The average Bonchev–Trinajstić information content (AvgIpc) is 2.60. The number of carbonyl (C=O) groups excluding carboxylic acids is 1. The molecule has 1 atom stereocenters. The lowest BCUT2D eigenvalue weighted by molar-refractivity contribution is -0.908. The summed E-state index contributed by atoms with van der Waals surface area (Å²) in [4.78, 5) is 11.1. The fourth-order valence-electron chi connectivity index (χ4n) is 3.15. The van der Waals surface area contributed by atoms with Crippen molar-refractivity contribution in [1.82, 2.24) is 5.32 Å². The summed E-state index contributed by atoms with van der Waals surface area (Å²) >= 11 is 0. The van der Waals surface area contributed by atoms with Gasteiger partial charge in [-0.05, 0) is 25.8 Å². The van der Waals surface area contributed by atoms with Crippen molar-refractivity contribution in [1.29, 1.82) is 0 Å². The second-order valence-corrected chi connectivity index (χ2v) is 7.41. The lowest BCUT2D eigenvalue weighted by Crippen LogP contribution is -2.46. The summed E-state index contributed by atoms with van der Waals surface area (Å²) in [6.45, 7) is 12.4. The summed E-state index contributed by atoms with van der Waals surface area (Å²) in [6.07, 6.45) is 16.4. The first-order valence-corrected chi connectivity index (χ1v) is 10.3. The Morgan fingerprint density at radius 3 is 1.88 bits per heavy atom. The van der Waals surface area contributed by atoms with Gasteiger partial charge in [-0.1, -0.05) is 64.9 Å². The van der Waals surface area contributed by atoms with Crippen molar-refractivity contribution in [2.75, 3.05) is 33.2 Å². The van der Waals surface area contributed by atoms with Gasteiger partial charge in [-0.15, -0.1) is 0 Å². The van der Waals surface area contributed by atoms with Gasteiger partial charge in [0.2, 0.25) is 5.91 Å². The molecule has 0 heterocycles. The van der Waals surface area contributed by atoms with E-state index in [2.05, 4.69) is 32.8 Å². The molecular formula is C21H43N2O+. The Morgan fingerprint density at radius 2 is 1.38 bits per heavy atom. The number of rotatable bonds is 17. The molecule has 1 amide bonds. The molecule has 0 rings (SSSR count). The highest BCUT2D eigenvalue weighted by Crippen LogP contribution is 2.12. The summed E-state index contributed by atoms with van der Waals surface area (Å²) in [6, 6.07) is 0. The van der Waals surface area contributed by atoms with Gasteiger partial charge < -0.3 is 9.80 Å². The maximum atomic E-state index is 11.1. The molecule has 0 radical (unpaired) electrons. The molecule has 3 nitrogen and oxygen atoms in total. The van der Waals surface area contributed by atoms with Crippen LogP contribution in [0.2, 0.25) is 0 Å². The normalized spacial score (nSPS) is 13.5. The van der Waals surface area contributed by atoms with Crippen molar-refractivity contribution in [3.8, 4) is 0 Å². The van der Waals surface area contributed by atoms with Crippen LogP contribution in [0.3, 0.4) is 0 Å². The molecule has 0 aromatic heterocycles. The lowest BCUT2D eigenvalue weighted by Gasteiger charge is -2.33. The highest BCUT2D eigenvalue weighted by molar-refractivity contribution is 5.86. The van der Waals surface area contributed by atoms with Gasteiger partial charge in [-0.3, -0.25) is 4.79 Å². The zero-order valence-electron chi connectivity index (χ0n) is 16.7. The second kappa shape index (κ2) is 15.7. The van der Waals surface area contributed by atoms with Crippen molar-refractivity contribution in [2.24, 2.45) is 0 Å². The number of carbonyl (C=O) groups is 1. The van der Waals surface area contributed by atoms with E-state index in [1.165, 1.54) is 83.4 Å². The number of unbranched alkanes of at least 4 members (excludes halogenated alkanes) is 9. The third kappa shape index (κ3) is 13.6. The molecule has 24 heavy (non-hydrogen) atoms. The maximum Gasteiger partial charge on any atom is 0.243 e. The summed E-state index contributed by atoms with van der Waals surface area (Å²) in [5.41, 5.74) is 0. The Kier molecular flexibility index (Phi) is 15.1. The highest BCUT2D eigenvalue weighted by atomic mass is 16.1. The summed E-state index contributed by atoms with van der Waals surface area (Å²) in [7, 11) is 2.35. The Bertz CT molecular complexity index is 317. The number of amides is 1. The van der Waals surface area contributed by atoms with E-state index < -0.39 is 0 Å². The minimum absolute atomic E-state index is 0.0598. The van der Waals surface area contributed by atoms with E-state index in [1.807, 2.05) is 0 Å². The van der Waals surface area contributed by atoms with Crippen molar-refractivity contribution < 1.29 is 9.28 Å². The average molecular weight is 340 g/mol. The predicted octanol–water partition coefficient (Wildman–Crippen LogP) is 5.07. The lowest BCUT2D eigenvalue weighted by atomic mass is 10.1. The van der Waals surface area contributed by atoms with Crippen molar-refractivity contribution in [3.05, 3.63) is 12.7 Å². The van der Waals surface area contributed by atoms with E-state index >= 15 is 0 Å². The molecule has 0 aromatic rings. The van der Waals surface area contributed by atoms with Crippen LogP contribution in [-0.2, 0) is 4.79 Å². The number of hydrogen-bond donors (Lipinski definition) is 1. The van der Waals surface area contributed by atoms with Crippen LogP contribution in [0.5, 0.6) is 0 Å². The van der Waals surface area contributed by atoms with Gasteiger partial charge in [0.15, 0.2) is 0 Å². The monoisotopic (exact) mass is 339 g/mol. The number of quaternary nitrogens is 1. The molecule has 142 valence electrons. The van der Waals surface area contributed by atoms with Crippen LogP contribution in [0.4, 0.5) is 0 Å². The van der Waals surface area contributed by atoms with Crippen LogP contribution in [0, 0.1) is 0 Å². The van der Waals surface area contributed by atoms with Gasteiger partial charge in [-0.2, -0.15) is 0 Å². The van der Waals surface area contributed by atoms with Crippen molar-refractivity contribution >= 4 is 5.91 Å². The standard InChI is InChI=1S/C21H42N2O/c1-5-8-9-10-11-12-13-14-15-16-19-23(4,7-3)20-17-18-22-21(24)6-2/h6H,2,5,7-20H2,1,3-4H3/p+1. The molecule has 0 spiro atoms. The fourth-order valence-corrected chi connectivity index (χ4v) is 3.15. The SMILES string of the molecule is C=CC(=O)NCCC[N+](C)(CC)CCCCCCCCCCCC. The Balaban J connectivity index is 3.58. The van der Waals surface area contributed by atoms with Gasteiger partial charge in [0.25, 0.3) is 0 Å². The Hall–Kier alpha value is -0.830. The highest BCUT2D eigenvalue weighted by Gasteiger charge is 2.17. The van der Waals surface area contributed by atoms with Crippen LogP contribution < -0.4 is 5.32 Å². The molecule has 0 aliphatic carbocycles. The molecule has 0 saturated heterocycles. The largest absolute Gasteiger partial charge is 0.352 e. The summed E-state index contributed by atoms with van der Waals surface area (Å²) in [5, 5.41) is 2.87. The third-order valence-electron chi connectivity index (χ3n) is 5.17. The van der Waals surface area contributed by atoms with E-state index in [0.29, 0.717) is 0 Å². The van der Waals surface area contributed by atoms with Gasteiger partial charge in [0.05, 0.1) is 26.7 Å². The van der Waals surface area contributed by atoms with E-state index in [4.69, 9.17) is 0 Å². The molecule has 0 fully saturated rings. The molecule has 1 N–H and O–H groups in total. The minimum Gasteiger partial charge on any atom is -0.352 e. The van der Waals surface area contributed by atoms with Crippen molar-refractivity contribution in [3.63, 3.8) is 0 Å². The minimum atomic E-state index is -0.0598. The molecule has 0 saturated carbocycles. The van der Waals surface area contributed by atoms with Gasteiger partial charge in [0.1, 0.15) is 0 Å². The zero-order valence-corrected chi connectivity index (χ0v) is 16.7. The van der Waals surface area contributed by atoms with E-state index in [-0.39, 0.29) is 5.91 Å². The number of hydrogen-bond acceptors (Lipinski definition) is 1. The molecule has 0 bridgehead atoms. The first-order chi connectivity index (χ1) is 11.6. The molecule has 1 unspecified atom stereocenters. The van der Waals surface area contributed by atoms with Crippen LogP contribution in [0.15, 0.2) is 12.7 Å². The fraction of sp³-hybridized carbons (Fsp3) is 0.857. The predicted molar refractivity (Wildman–Crippen MR) is 106 cm³/mol. The van der Waals surface area contributed by atoms with Gasteiger partial charge >= 0.3 is 0 Å². The molecule has 0 aliphatic heterocycles. The zero-order chi connectivity index (χ0) is 18.1. The summed E-state index contributed by atoms with van der Waals surface area (Å²) in [5.74, 6) is -0.0598. The van der Waals surface area contributed by atoms with E-state index in [1.54, 1.807) is 0 Å². The van der Waals surface area contributed by atoms with Crippen LogP contribution in [0.1, 0.15) is 84.5 Å². The quantitative estimate of drug-likeness (QED) is 0.224. The van der Waals surface area contributed by atoms with E-state index in [0.717, 1.165) is 24.0 Å². The van der Waals surface area contributed by atoms with Crippen LogP contribution in [-0.4, -0.2) is 43.6 Å². The molecule has 0 aromatic carbocycles. The first-order valence-electron chi connectivity index (χ1n) is 10.3. The molecule has 3 heteroatoms.